The fourth-order valence-electron chi connectivity index (χ4n) is 1.91. The summed E-state index contributed by atoms with van der Waals surface area (Å²) in [6.07, 6.45) is 3.98. The molecule has 0 aromatic rings. The first-order chi connectivity index (χ1) is 7.48. The molecule has 0 aliphatic heterocycles. The van der Waals surface area contributed by atoms with Crippen molar-refractivity contribution in [2.24, 2.45) is 5.41 Å². The Hall–Kier alpha value is -0.0600. The van der Waals surface area contributed by atoms with Gasteiger partial charge in [-0.2, -0.15) is 0 Å². The molecule has 2 N–H and O–H groups in total. The van der Waals surface area contributed by atoms with Gasteiger partial charge in [-0.05, 0) is 12.8 Å². The van der Waals surface area contributed by atoms with Gasteiger partial charge >= 0.3 is 41.5 Å². The fourth-order valence-corrected chi connectivity index (χ4v) is 1.91. The number of carbonyl (C=O) groups is 2. The molecule has 0 aromatic heterocycles. The van der Waals surface area contributed by atoms with Crippen LogP contribution in [0, 0.1) is 5.41 Å². The molecule has 17 heavy (non-hydrogen) atoms. The molecule has 0 amide bonds. The van der Waals surface area contributed by atoms with E-state index in [1.807, 2.05) is 13.8 Å². The quantitative estimate of drug-likeness (QED) is 0.619. The second-order valence-electron chi connectivity index (χ2n) is 4.36. The first-order valence-corrected chi connectivity index (χ1v) is 5.93. The average Bonchev–Trinajstić information content (AvgIpc) is 2.21. The maximum absolute atomic E-state index is 11.3. The van der Waals surface area contributed by atoms with Crippen LogP contribution in [0.1, 0.15) is 58.8 Å². The van der Waals surface area contributed by atoms with Crippen LogP contribution in [-0.2, 0) is 9.59 Å². The van der Waals surface area contributed by atoms with Gasteiger partial charge in [-0.25, -0.2) is 0 Å². The van der Waals surface area contributed by atoms with Crippen molar-refractivity contribution < 1.29 is 19.8 Å². The number of rotatable bonds is 9. The fraction of sp³-hybridized carbons (Fsp3) is 0.833. The van der Waals surface area contributed by atoms with Crippen molar-refractivity contribution in [1.29, 1.82) is 0 Å². The summed E-state index contributed by atoms with van der Waals surface area (Å²) < 4.78 is 0. The molecular formula is C12H23NaO4. The summed E-state index contributed by atoms with van der Waals surface area (Å²) in [5.74, 6) is -1.98. The number of hydrogen-bond donors (Lipinski definition) is 2. The monoisotopic (exact) mass is 254 g/mol. The second-order valence-corrected chi connectivity index (χ2v) is 4.36. The molecule has 0 rings (SSSR count). The van der Waals surface area contributed by atoms with E-state index in [2.05, 4.69) is 0 Å². The second kappa shape index (κ2) is 9.92. The van der Waals surface area contributed by atoms with Crippen molar-refractivity contribution in [2.45, 2.75) is 58.8 Å². The van der Waals surface area contributed by atoms with Crippen LogP contribution in [0.2, 0.25) is 0 Å². The Morgan fingerprint density at radius 2 is 1.41 bits per heavy atom. The number of unbranched alkanes of at least 4 members (excludes halogenated alkanes) is 2. The van der Waals surface area contributed by atoms with Crippen molar-refractivity contribution in [1.82, 2.24) is 0 Å². The van der Waals surface area contributed by atoms with Crippen molar-refractivity contribution in [3.63, 3.8) is 0 Å². The Morgan fingerprint density at radius 1 is 1.00 bits per heavy atom. The van der Waals surface area contributed by atoms with Gasteiger partial charge in [0.2, 0.25) is 0 Å². The zero-order valence-corrected chi connectivity index (χ0v) is 10.2. The van der Waals surface area contributed by atoms with Gasteiger partial charge in [-0.3, -0.25) is 9.59 Å². The third kappa shape index (κ3) is 7.06. The van der Waals surface area contributed by atoms with E-state index in [0.29, 0.717) is 12.8 Å². The minimum atomic E-state index is -1.06. The summed E-state index contributed by atoms with van der Waals surface area (Å²) in [6, 6.07) is 0. The van der Waals surface area contributed by atoms with Gasteiger partial charge in [0.15, 0.2) is 0 Å². The predicted molar refractivity (Wildman–Crippen MR) is 68.5 cm³/mol. The molecule has 0 aromatic carbocycles. The van der Waals surface area contributed by atoms with E-state index in [4.69, 9.17) is 5.11 Å². The van der Waals surface area contributed by atoms with E-state index in [1.54, 1.807) is 0 Å². The van der Waals surface area contributed by atoms with Crippen LogP contribution >= 0.6 is 0 Å². The number of carboxylic acid groups (broad SMARTS) is 2. The molecule has 0 spiro atoms. The molecule has 0 aliphatic rings. The SMILES string of the molecule is CCCCC(CCCC)(CC(=O)O)C(=O)O.[NaH]. The van der Waals surface area contributed by atoms with Crippen molar-refractivity contribution in [3.05, 3.63) is 0 Å². The Kier molecular flexibility index (Phi) is 11.3. The Balaban J connectivity index is 0. The van der Waals surface area contributed by atoms with Crippen LogP contribution in [0.3, 0.4) is 0 Å². The molecule has 0 unspecified atom stereocenters. The summed E-state index contributed by atoms with van der Waals surface area (Å²) in [4.78, 5) is 22.1. The molecular weight excluding hydrogens is 231 g/mol. The molecule has 5 heteroatoms. The summed E-state index contributed by atoms with van der Waals surface area (Å²) in [5.41, 5.74) is -1.06. The molecule has 0 fully saturated rings. The average molecular weight is 254 g/mol. The first-order valence-electron chi connectivity index (χ1n) is 5.93. The summed E-state index contributed by atoms with van der Waals surface area (Å²) in [7, 11) is 0. The topological polar surface area (TPSA) is 74.6 Å². The molecule has 0 saturated heterocycles. The number of carboxylic acids is 2. The van der Waals surface area contributed by atoms with Gasteiger partial charge in [0.1, 0.15) is 0 Å². The number of aliphatic carboxylic acids is 2. The normalized spacial score (nSPS) is 10.7. The van der Waals surface area contributed by atoms with E-state index in [1.165, 1.54) is 0 Å². The molecule has 0 aliphatic carbocycles. The van der Waals surface area contributed by atoms with Crippen molar-refractivity contribution >= 4 is 41.5 Å². The van der Waals surface area contributed by atoms with E-state index < -0.39 is 17.4 Å². The van der Waals surface area contributed by atoms with E-state index in [-0.39, 0.29) is 36.0 Å². The molecule has 0 saturated carbocycles. The van der Waals surface area contributed by atoms with Crippen LogP contribution in [0.15, 0.2) is 0 Å². The van der Waals surface area contributed by atoms with Crippen molar-refractivity contribution in [3.8, 4) is 0 Å². The van der Waals surface area contributed by atoms with Crippen LogP contribution in [-0.4, -0.2) is 51.7 Å². The first kappa shape index (κ1) is 19.3. The molecule has 0 radical (unpaired) electrons. The Morgan fingerprint density at radius 3 is 1.65 bits per heavy atom. The zero-order valence-electron chi connectivity index (χ0n) is 10.2. The maximum atomic E-state index is 11.3. The Bertz CT molecular complexity index is 233. The van der Waals surface area contributed by atoms with E-state index in [9.17, 15) is 14.7 Å². The van der Waals surface area contributed by atoms with Gasteiger partial charge in [0.25, 0.3) is 0 Å². The van der Waals surface area contributed by atoms with E-state index in [0.717, 1.165) is 25.7 Å². The summed E-state index contributed by atoms with van der Waals surface area (Å²) in [6.45, 7) is 3.96. The summed E-state index contributed by atoms with van der Waals surface area (Å²) in [5, 5.41) is 18.1. The van der Waals surface area contributed by atoms with Crippen molar-refractivity contribution in [2.75, 3.05) is 0 Å². The van der Waals surface area contributed by atoms with Gasteiger partial charge < -0.3 is 10.2 Å². The Labute approximate surface area is 125 Å². The molecule has 4 nitrogen and oxygen atoms in total. The predicted octanol–water partition coefficient (Wildman–Crippen LogP) is 2.26. The molecule has 0 heterocycles. The zero-order chi connectivity index (χ0) is 12.6. The summed E-state index contributed by atoms with van der Waals surface area (Å²) >= 11 is 0. The van der Waals surface area contributed by atoms with Gasteiger partial charge in [-0.1, -0.05) is 39.5 Å². The van der Waals surface area contributed by atoms with Gasteiger partial charge in [0, 0.05) is 0 Å². The van der Waals surface area contributed by atoms with Gasteiger partial charge in [0.05, 0.1) is 11.8 Å². The third-order valence-electron chi connectivity index (χ3n) is 2.96. The molecule has 96 valence electrons. The molecule has 0 bridgehead atoms. The van der Waals surface area contributed by atoms with Gasteiger partial charge in [-0.15, -0.1) is 0 Å². The van der Waals surface area contributed by atoms with Crippen LogP contribution < -0.4 is 0 Å². The number of hydrogen-bond acceptors (Lipinski definition) is 2. The van der Waals surface area contributed by atoms with Crippen LogP contribution in [0.5, 0.6) is 0 Å². The van der Waals surface area contributed by atoms with E-state index >= 15 is 0 Å². The standard InChI is InChI=1S/C12H22O4.Na.H/c1-3-5-7-12(11(15)16,8-6-4-2)9-10(13)14;;/h3-9H2,1-2H3,(H,13,14)(H,15,16);;. The third-order valence-corrected chi connectivity index (χ3v) is 2.96. The van der Waals surface area contributed by atoms with Crippen LogP contribution in [0.25, 0.3) is 0 Å². The minimum absolute atomic E-state index is 0. The van der Waals surface area contributed by atoms with Crippen LogP contribution in [0.4, 0.5) is 0 Å². The molecule has 0 atom stereocenters.